The van der Waals surface area contributed by atoms with Crippen molar-refractivity contribution in [1.82, 2.24) is 25.4 Å². The number of aliphatic carboxylic acids is 1. The van der Waals surface area contributed by atoms with Crippen LogP contribution in [0.25, 0.3) is 0 Å². The lowest BCUT2D eigenvalue weighted by molar-refractivity contribution is -0.161. The van der Waals surface area contributed by atoms with Gasteiger partial charge in [0.25, 0.3) is 0 Å². The number of carbonyl (C=O) groups excluding carboxylic acids is 4. The zero-order valence-electron chi connectivity index (χ0n) is 22.1. The number of carboxylic acid groups (broad SMARTS) is 1. The highest BCUT2D eigenvalue weighted by molar-refractivity contribution is 8.01. The number of nitrogens with zero attached hydrogens (tertiary/aromatic N) is 4. The molecule has 214 valence electrons. The van der Waals surface area contributed by atoms with E-state index in [2.05, 4.69) is 15.7 Å². The van der Waals surface area contributed by atoms with Gasteiger partial charge in [-0.05, 0) is 37.1 Å². The molecule has 3 heterocycles. The minimum Gasteiger partial charge on any atom is -0.508 e. The number of aromatic hydroxyl groups is 1. The summed E-state index contributed by atoms with van der Waals surface area (Å²) in [6.07, 6.45) is 1.50. The van der Waals surface area contributed by atoms with Crippen LogP contribution in [0.4, 0.5) is 9.59 Å². The summed E-state index contributed by atoms with van der Waals surface area (Å²) >= 11 is 1.27. The van der Waals surface area contributed by atoms with Crippen LogP contribution >= 0.6 is 11.8 Å². The van der Waals surface area contributed by atoms with E-state index < -0.39 is 58.1 Å². The minimum atomic E-state index is -1.32. The molecule has 6 amide bonds. The van der Waals surface area contributed by atoms with E-state index in [1.165, 1.54) is 47.1 Å². The summed E-state index contributed by atoms with van der Waals surface area (Å²) in [6, 6.07) is 9.80. The maximum atomic E-state index is 13.5. The average Bonchev–Trinajstić information content (AvgIpc) is 3.44. The van der Waals surface area contributed by atoms with Gasteiger partial charge in [-0.3, -0.25) is 9.59 Å². The highest BCUT2D eigenvalue weighted by Gasteiger charge is 2.64. The van der Waals surface area contributed by atoms with Crippen LogP contribution in [-0.4, -0.2) is 96.4 Å². The van der Waals surface area contributed by atoms with E-state index in [0.717, 1.165) is 15.5 Å². The first-order chi connectivity index (χ1) is 19.5. The second-order valence-corrected chi connectivity index (χ2v) is 12.0. The number of amides is 6. The first kappa shape index (κ1) is 28.0. The number of phenols is 1. The number of nitrogens with one attached hydrogen (secondary N) is 2. The Balaban J connectivity index is 1.30. The largest absolute Gasteiger partial charge is 0.508 e. The second-order valence-electron chi connectivity index (χ2n) is 10.3. The van der Waals surface area contributed by atoms with Crippen molar-refractivity contribution in [1.29, 1.82) is 0 Å². The Hall–Kier alpha value is -4.59. The molecule has 3 fully saturated rings. The number of imide groups is 1. The molecule has 0 aliphatic carbocycles. The van der Waals surface area contributed by atoms with Crippen molar-refractivity contribution >= 4 is 47.8 Å². The second kappa shape index (κ2) is 10.8. The first-order valence-electron chi connectivity index (χ1n) is 12.8. The maximum absolute atomic E-state index is 13.5. The van der Waals surface area contributed by atoms with Crippen molar-refractivity contribution in [2.75, 3.05) is 13.1 Å². The summed E-state index contributed by atoms with van der Waals surface area (Å²) in [5, 5.41) is 29.3. The Morgan fingerprint density at radius 1 is 1.07 bits per heavy atom. The zero-order valence-corrected chi connectivity index (χ0v) is 22.9. The van der Waals surface area contributed by atoms with E-state index in [4.69, 9.17) is 0 Å². The third-order valence-corrected chi connectivity index (χ3v) is 8.68. The Morgan fingerprint density at radius 2 is 1.76 bits per heavy atom. The van der Waals surface area contributed by atoms with Crippen LogP contribution in [-0.2, 0) is 14.4 Å². The van der Waals surface area contributed by atoms with Gasteiger partial charge in [-0.15, -0.1) is 11.8 Å². The molecule has 14 heteroatoms. The molecule has 3 aliphatic rings. The van der Waals surface area contributed by atoms with Gasteiger partial charge >= 0.3 is 18.0 Å². The van der Waals surface area contributed by atoms with Crippen molar-refractivity contribution in [3.8, 4) is 5.75 Å². The SMILES string of the molecule is CC1(C)S[C@@H]2C(NC(=O)C(NC(=O)N3CCN(/N=C/c4ccccc4)C3=O)c3ccc(O)cc3)C(=O)N2[C@H]1C(=O)O. The van der Waals surface area contributed by atoms with Crippen molar-refractivity contribution < 1.29 is 34.2 Å². The lowest BCUT2D eigenvalue weighted by atomic mass is 9.95. The van der Waals surface area contributed by atoms with Crippen LogP contribution in [0.2, 0.25) is 0 Å². The van der Waals surface area contributed by atoms with Crippen LogP contribution in [0.15, 0.2) is 59.7 Å². The smallest absolute Gasteiger partial charge is 0.348 e. The molecule has 2 aromatic carbocycles. The van der Waals surface area contributed by atoms with Crippen LogP contribution < -0.4 is 10.6 Å². The monoisotopic (exact) mass is 580 g/mol. The summed E-state index contributed by atoms with van der Waals surface area (Å²) in [4.78, 5) is 66.4. The number of carboxylic acids is 1. The number of β-lactam (4-membered cyclic amide) rings is 1. The third kappa shape index (κ3) is 5.29. The van der Waals surface area contributed by atoms with Gasteiger partial charge in [0, 0.05) is 4.75 Å². The number of phenolic OH excluding ortho intramolecular Hbond substituents is 1. The maximum Gasteiger partial charge on any atom is 0.348 e. The molecule has 13 nitrogen and oxygen atoms in total. The molecule has 2 aromatic rings. The number of fused-ring (bicyclic) bond motifs is 1. The van der Waals surface area contributed by atoms with Gasteiger partial charge in [0.15, 0.2) is 0 Å². The molecule has 2 unspecified atom stereocenters. The molecule has 0 bridgehead atoms. The molecule has 5 rings (SSSR count). The Kier molecular flexibility index (Phi) is 7.34. The minimum absolute atomic E-state index is 0.0289. The molecule has 0 aromatic heterocycles. The van der Waals surface area contributed by atoms with E-state index in [0.29, 0.717) is 5.56 Å². The first-order valence-corrected chi connectivity index (χ1v) is 13.7. The summed E-state index contributed by atoms with van der Waals surface area (Å²) < 4.78 is -0.777. The van der Waals surface area contributed by atoms with E-state index >= 15 is 0 Å². The number of carbonyl (C=O) groups is 5. The Morgan fingerprint density at radius 3 is 2.41 bits per heavy atom. The fourth-order valence-electron chi connectivity index (χ4n) is 5.05. The topological polar surface area (TPSA) is 172 Å². The number of hydrazone groups is 1. The third-order valence-electron chi connectivity index (χ3n) is 7.11. The zero-order chi connectivity index (χ0) is 29.5. The molecule has 3 aliphatic heterocycles. The van der Waals surface area contributed by atoms with Crippen molar-refractivity contribution in [3.05, 3.63) is 65.7 Å². The van der Waals surface area contributed by atoms with Crippen molar-refractivity contribution in [2.45, 2.75) is 42.1 Å². The van der Waals surface area contributed by atoms with Gasteiger partial charge in [-0.1, -0.05) is 42.5 Å². The number of benzene rings is 2. The molecular weight excluding hydrogens is 552 g/mol. The van der Waals surface area contributed by atoms with E-state index in [9.17, 15) is 34.2 Å². The van der Waals surface area contributed by atoms with Gasteiger partial charge in [0.05, 0.1) is 19.3 Å². The van der Waals surface area contributed by atoms with Crippen molar-refractivity contribution in [2.24, 2.45) is 5.10 Å². The number of hydrogen-bond donors (Lipinski definition) is 4. The highest BCUT2D eigenvalue weighted by atomic mass is 32.2. The molecule has 3 saturated heterocycles. The summed E-state index contributed by atoms with van der Waals surface area (Å²) in [7, 11) is 0. The van der Waals surface area contributed by atoms with Gasteiger partial charge in [0.2, 0.25) is 11.8 Å². The summed E-state index contributed by atoms with van der Waals surface area (Å²) in [6.45, 7) is 3.62. The lowest BCUT2D eigenvalue weighted by Gasteiger charge is -2.44. The Bertz CT molecular complexity index is 1420. The van der Waals surface area contributed by atoms with Crippen molar-refractivity contribution in [3.63, 3.8) is 0 Å². The summed E-state index contributed by atoms with van der Waals surface area (Å²) in [5.74, 6) is -2.46. The fraction of sp³-hybridized carbons (Fsp3) is 0.333. The van der Waals surface area contributed by atoms with Crippen LogP contribution in [0.5, 0.6) is 5.75 Å². The molecule has 4 N–H and O–H groups in total. The van der Waals surface area contributed by atoms with Gasteiger partial charge < -0.3 is 25.7 Å². The lowest BCUT2D eigenvalue weighted by Crippen LogP contribution is -2.71. The van der Waals surface area contributed by atoms with Gasteiger partial charge in [-0.25, -0.2) is 24.3 Å². The van der Waals surface area contributed by atoms with E-state index in [-0.39, 0.29) is 18.8 Å². The fourth-order valence-corrected chi connectivity index (χ4v) is 6.67. The number of thioether (sulfide) groups is 1. The predicted molar refractivity (Wildman–Crippen MR) is 148 cm³/mol. The van der Waals surface area contributed by atoms with Crippen LogP contribution in [0.3, 0.4) is 0 Å². The quantitative estimate of drug-likeness (QED) is 0.282. The predicted octanol–water partition coefficient (Wildman–Crippen LogP) is 1.55. The Labute approximate surface area is 239 Å². The highest BCUT2D eigenvalue weighted by Crippen LogP contribution is 2.50. The average molecular weight is 581 g/mol. The number of rotatable bonds is 7. The number of urea groups is 2. The molecule has 41 heavy (non-hydrogen) atoms. The van der Waals surface area contributed by atoms with Crippen LogP contribution in [0, 0.1) is 0 Å². The van der Waals surface area contributed by atoms with Crippen LogP contribution in [0.1, 0.15) is 31.0 Å². The molecule has 0 radical (unpaired) electrons. The van der Waals surface area contributed by atoms with Gasteiger partial charge in [-0.2, -0.15) is 5.10 Å². The van der Waals surface area contributed by atoms with E-state index in [1.807, 2.05) is 30.3 Å². The molecule has 4 atom stereocenters. The summed E-state index contributed by atoms with van der Waals surface area (Å²) in [5.41, 5.74) is 1.07. The molecule has 0 saturated carbocycles. The van der Waals surface area contributed by atoms with E-state index in [1.54, 1.807) is 13.8 Å². The molecule has 0 spiro atoms. The standard InChI is InChI=1S/C27H28N6O7S/c1-27(2)20(24(37)38)33-22(36)19(23(33)41-27)29-21(35)18(16-8-10-17(34)11-9-16)30-25(39)31-12-13-32(26(31)40)28-14-15-6-4-3-5-7-15/h3-11,14,18-20,23,34H,12-13H2,1-2H3,(H,29,35)(H,30,39)(H,37,38)/b28-14+/t18?,19?,20-,23+/m0/s1. The number of hydrogen-bond acceptors (Lipinski definition) is 8. The normalized spacial score (nSPS) is 23.8. The van der Waals surface area contributed by atoms with Gasteiger partial charge in [0.1, 0.15) is 29.2 Å². The molecular formula is C27H28N6O7S.